The van der Waals surface area contributed by atoms with Crippen LogP contribution >= 0.6 is 23.4 Å². The highest BCUT2D eigenvalue weighted by atomic mass is 35.5. The molecule has 1 aliphatic heterocycles. The number of nitriles is 1. The minimum absolute atomic E-state index is 0.544. The van der Waals surface area contributed by atoms with Gasteiger partial charge in [0, 0.05) is 29.3 Å². The summed E-state index contributed by atoms with van der Waals surface area (Å²) in [6.07, 6.45) is 0. The highest BCUT2D eigenvalue weighted by Gasteiger charge is 2.22. The Bertz CT molecular complexity index is 445. The first-order valence-electron chi connectivity index (χ1n) is 5.70. The van der Waals surface area contributed by atoms with Crippen LogP contribution in [0, 0.1) is 11.3 Å². The van der Waals surface area contributed by atoms with Crippen molar-refractivity contribution in [2.24, 2.45) is 0 Å². The molecule has 90 valence electrons. The molecule has 0 amide bonds. The number of thioether (sulfide) groups is 1. The molecule has 0 radical (unpaired) electrons. The van der Waals surface area contributed by atoms with Crippen LogP contribution in [-0.4, -0.2) is 23.6 Å². The fourth-order valence-corrected chi connectivity index (χ4v) is 3.72. The van der Waals surface area contributed by atoms with Crippen LogP contribution in [0.3, 0.4) is 0 Å². The van der Waals surface area contributed by atoms with E-state index in [1.165, 1.54) is 0 Å². The molecule has 1 aromatic rings. The maximum atomic E-state index is 8.85. The molecule has 17 heavy (non-hydrogen) atoms. The van der Waals surface area contributed by atoms with E-state index in [2.05, 4.69) is 24.8 Å². The second kappa shape index (κ2) is 5.20. The molecular formula is C13H15ClN2S. The Balaban J connectivity index is 2.22. The van der Waals surface area contributed by atoms with Gasteiger partial charge in [-0.25, -0.2) is 0 Å². The first kappa shape index (κ1) is 12.6. The predicted octanol–water partition coefficient (Wildman–Crippen LogP) is 3.54. The van der Waals surface area contributed by atoms with E-state index in [9.17, 15) is 0 Å². The summed E-state index contributed by atoms with van der Waals surface area (Å²) in [6.45, 7) is 6.58. The monoisotopic (exact) mass is 266 g/mol. The average molecular weight is 267 g/mol. The SMILES string of the molecule is CC1CN(c2ccc(C#N)c(Cl)c2)CC(C)S1. The zero-order valence-corrected chi connectivity index (χ0v) is 11.6. The van der Waals surface area contributed by atoms with Gasteiger partial charge in [0.1, 0.15) is 6.07 Å². The van der Waals surface area contributed by atoms with E-state index in [1.54, 1.807) is 6.07 Å². The van der Waals surface area contributed by atoms with Gasteiger partial charge in [0.05, 0.1) is 10.6 Å². The Morgan fingerprint density at radius 3 is 2.53 bits per heavy atom. The summed E-state index contributed by atoms with van der Waals surface area (Å²) < 4.78 is 0. The Labute approximate surface area is 112 Å². The van der Waals surface area contributed by atoms with Crippen molar-refractivity contribution in [2.45, 2.75) is 24.3 Å². The average Bonchev–Trinajstić information content (AvgIpc) is 2.27. The van der Waals surface area contributed by atoms with Crippen molar-refractivity contribution >= 4 is 29.1 Å². The minimum atomic E-state index is 0.544. The van der Waals surface area contributed by atoms with E-state index in [1.807, 2.05) is 23.9 Å². The Kier molecular flexibility index (Phi) is 3.86. The second-order valence-corrected chi connectivity index (χ2v) is 6.73. The smallest absolute Gasteiger partial charge is 0.101 e. The molecule has 0 spiro atoms. The van der Waals surface area contributed by atoms with Gasteiger partial charge >= 0.3 is 0 Å². The predicted molar refractivity (Wildman–Crippen MR) is 74.9 cm³/mol. The van der Waals surface area contributed by atoms with Gasteiger partial charge in [0.2, 0.25) is 0 Å². The van der Waals surface area contributed by atoms with Gasteiger partial charge in [-0.1, -0.05) is 25.4 Å². The molecule has 1 aromatic carbocycles. The van der Waals surface area contributed by atoms with Crippen molar-refractivity contribution in [2.75, 3.05) is 18.0 Å². The van der Waals surface area contributed by atoms with Crippen LogP contribution in [0.4, 0.5) is 5.69 Å². The minimum Gasteiger partial charge on any atom is -0.369 e. The lowest BCUT2D eigenvalue weighted by atomic mass is 10.2. The number of rotatable bonds is 1. The van der Waals surface area contributed by atoms with Crippen LogP contribution in [0.15, 0.2) is 18.2 Å². The van der Waals surface area contributed by atoms with Gasteiger partial charge in [-0.2, -0.15) is 17.0 Å². The zero-order valence-electron chi connectivity index (χ0n) is 9.98. The molecule has 2 nitrogen and oxygen atoms in total. The molecule has 4 heteroatoms. The zero-order chi connectivity index (χ0) is 12.4. The van der Waals surface area contributed by atoms with Gasteiger partial charge < -0.3 is 4.90 Å². The molecule has 0 N–H and O–H groups in total. The van der Waals surface area contributed by atoms with Gasteiger partial charge in [-0.15, -0.1) is 0 Å². The fourth-order valence-electron chi connectivity index (χ4n) is 2.18. The number of halogens is 1. The maximum Gasteiger partial charge on any atom is 0.101 e. The van der Waals surface area contributed by atoms with Crippen LogP contribution in [0.5, 0.6) is 0 Å². The highest BCUT2D eigenvalue weighted by Crippen LogP contribution is 2.30. The number of hydrogen-bond acceptors (Lipinski definition) is 3. The Morgan fingerprint density at radius 2 is 2.00 bits per heavy atom. The highest BCUT2D eigenvalue weighted by molar-refractivity contribution is 8.00. The molecule has 2 unspecified atom stereocenters. The number of benzene rings is 1. The first-order chi connectivity index (χ1) is 8.10. The van der Waals surface area contributed by atoms with Crippen molar-refractivity contribution in [1.29, 1.82) is 5.26 Å². The van der Waals surface area contributed by atoms with E-state index in [0.717, 1.165) is 18.8 Å². The van der Waals surface area contributed by atoms with Crippen molar-refractivity contribution in [3.05, 3.63) is 28.8 Å². The van der Waals surface area contributed by atoms with Crippen molar-refractivity contribution in [1.82, 2.24) is 0 Å². The van der Waals surface area contributed by atoms with Gasteiger partial charge in [-0.05, 0) is 18.2 Å². The summed E-state index contributed by atoms with van der Waals surface area (Å²) in [7, 11) is 0. The lowest BCUT2D eigenvalue weighted by Gasteiger charge is -2.36. The topological polar surface area (TPSA) is 27.0 Å². The number of hydrogen-bond donors (Lipinski definition) is 0. The van der Waals surface area contributed by atoms with E-state index in [-0.39, 0.29) is 0 Å². The molecule has 0 saturated carbocycles. The molecule has 1 saturated heterocycles. The standard InChI is InChI=1S/C13H15ClN2S/c1-9-7-16(8-10(2)17-9)12-4-3-11(6-15)13(14)5-12/h3-5,9-10H,7-8H2,1-2H3. The van der Waals surface area contributed by atoms with Gasteiger partial charge in [0.25, 0.3) is 0 Å². The van der Waals surface area contributed by atoms with Crippen LogP contribution < -0.4 is 4.90 Å². The molecule has 1 aliphatic rings. The van der Waals surface area contributed by atoms with Crippen LogP contribution in [0.1, 0.15) is 19.4 Å². The first-order valence-corrected chi connectivity index (χ1v) is 7.02. The van der Waals surface area contributed by atoms with Crippen molar-refractivity contribution in [3.8, 4) is 6.07 Å². The summed E-state index contributed by atoms with van der Waals surface area (Å²) in [5.41, 5.74) is 1.66. The van der Waals surface area contributed by atoms with E-state index in [4.69, 9.17) is 16.9 Å². The summed E-state index contributed by atoms with van der Waals surface area (Å²) in [6, 6.07) is 7.77. The third-order valence-electron chi connectivity index (χ3n) is 2.86. The quantitative estimate of drug-likeness (QED) is 0.778. The molecular weight excluding hydrogens is 252 g/mol. The van der Waals surface area contributed by atoms with Gasteiger partial charge in [0.15, 0.2) is 0 Å². The van der Waals surface area contributed by atoms with Crippen LogP contribution in [0.25, 0.3) is 0 Å². The lowest BCUT2D eigenvalue weighted by Crippen LogP contribution is -2.40. The fraction of sp³-hybridized carbons (Fsp3) is 0.462. The van der Waals surface area contributed by atoms with Crippen molar-refractivity contribution < 1.29 is 0 Å². The molecule has 2 rings (SSSR count). The van der Waals surface area contributed by atoms with E-state index in [0.29, 0.717) is 21.1 Å². The maximum absolute atomic E-state index is 8.85. The van der Waals surface area contributed by atoms with Crippen LogP contribution in [-0.2, 0) is 0 Å². The summed E-state index contributed by atoms with van der Waals surface area (Å²) >= 11 is 8.09. The molecule has 1 fully saturated rings. The van der Waals surface area contributed by atoms with E-state index >= 15 is 0 Å². The van der Waals surface area contributed by atoms with Crippen LogP contribution in [0.2, 0.25) is 5.02 Å². The number of nitrogens with zero attached hydrogens (tertiary/aromatic N) is 2. The number of anilines is 1. The summed E-state index contributed by atoms with van der Waals surface area (Å²) in [5.74, 6) is 0. The summed E-state index contributed by atoms with van der Waals surface area (Å²) in [4.78, 5) is 2.35. The molecule has 1 heterocycles. The normalized spacial score (nSPS) is 24.5. The Hall–Kier alpha value is -0.850. The third kappa shape index (κ3) is 2.88. The Morgan fingerprint density at radius 1 is 1.35 bits per heavy atom. The van der Waals surface area contributed by atoms with E-state index < -0.39 is 0 Å². The van der Waals surface area contributed by atoms with Gasteiger partial charge in [-0.3, -0.25) is 0 Å². The van der Waals surface area contributed by atoms with Crippen molar-refractivity contribution in [3.63, 3.8) is 0 Å². The molecule has 0 aliphatic carbocycles. The largest absolute Gasteiger partial charge is 0.369 e. The molecule has 2 atom stereocenters. The summed E-state index contributed by atoms with van der Waals surface area (Å²) in [5, 5.41) is 10.7. The third-order valence-corrected chi connectivity index (χ3v) is 4.40. The molecule has 0 bridgehead atoms. The second-order valence-electron chi connectivity index (χ2n) is 4.44. The lowest BCUT2D eigenvalue weighted by molar-refractivity contribution is 0.728. The molecule has 0 aromatic heterocycles.